The van der Waals surface area contributed by atoms with E-state index in [0.717, 1.165) is 25.8 Å². The molecular weight excluding hydrogens is 248 g/mol. The number of carbonyl (C=O) groups is 1. The fraction of sp³-hybridized carbons (Fsp3) is 0.941. The summed E-state index contributed by atoms with van der Waals surface area (Å²) in [5, 5.41) is 0. The summed E-state index contributed by atoms with van der Waals surface area (Å²) >= 11 is 0. The van der Waals surface area contributed by atoms with Gasteiger partial charge in [0.2, 0.25) is 5.91 Å². The number of rotatable bonds is 4. The molecule has 20 heavy (non-hydrogen) atoms. The Morgan fingerprint density at radius 3 is 2.40 bits per heavy atom. The molecule has 2 N–H and O–H groups in total. The first-order valence-electron chi connectivity index (χ1n) is 8.69. The standard InChI is InChI=1S/C17H32N2O/c1-19(16-9-4-2-3-5-10-16)17(20)15-8-6-7-14(13-15)11-12-18/h14-16H,2-13,18H2,1H3. The molecule has 2 unspecified atom stereocenters. The van der Waals surface area contributed by atoms with Crippen LogP contribution >= 0.6 is 0 Å². The van der Waals surface area contributed by atoms with Gasteiger partial charge in [0.15, 0.2) is 0 Å². The summed E-state index contributed by atoms with van der Waals surface area (Å²) in [6.45, 7) is 0.768. The van der Waals surface area contributed by atoms with Crippen LogP contribution in [0.5, 0.6) is 0 Å². The number of hydrogen-bond donors (Lipinski definition) is 1. The Morgan fingerprint density at radius 2 is 1.75 bits per heavy atom. The molecule has 0 spiro atoms. The summed E-state index contributed by atoms with van der Waals surface area (Å²) in [5.41, 5.74) is 5.68. The van der Waals surface area contributed by atoms with E-state index < -0.39 is 0 Å². The largest absolute Gasteiger partial charge is 0.343 e. The van der Waals surface area contributed by atoms with Gasteiger partial charge in [0.25, 0.3) is 0 Å². The van der Waals surface area contributed by atoms with E-state index >= 15 is 0 Å². The van der Waals surface area contributed by atoms with E-state index in [1.807, 2.05) is 7.05 Å². The van der Waals surface area contributed by atoms with Gasteiger partial charge in [-0.05, 0) is 44.6 Å². The van der Waals surface area contributed by atoms with E-state index in [4.69, 9.17) is 5.73 Å². The van der Waals surface area contributed by atoms with E-state index in [0.29, 0.717) is 17.9 Å². The molecule has 2 aliphatic carbocycles. The monoisotopic (exact) mass is 280 g/mol. The van der Waals surface area contributed by atoms with Crippen LogP contribution in [0.25, 0.3) is 0 Å². The van der Waals surface area contributed by atoms with Gasteiger partial charge in [-0.3, -0.25) is 4.79 Å². The Bertz CT molecular complexity index is 295. The first-order chi connectivity index (χ1) is 9.72. The van der Waals surface area contributed by atoms with Crippen LogP contribution in [0.3, 0.4) is 0 Å². The van der Waals surface area contributed by atoms with Crippen molar-refractivity contribution in [3.63, 3.8) is 0 Å². The average Bonchev–Trinajstić information content (AvgIpc) is 2.75. The maximum Gasteiger partial charge on any atom is 0.225 e. The predicted octanol–water partition coefficient (Wildman–Crippen LogP) is 3.32. The van der Waals surface area contributed by atoms with Crippen LogP contribution in [0.4, 0.5) is 0 Å². The van der Waals surface area contributed by atoms with Gasteiger partial charge in [-0.15, -0.1) is 0 Å². The molecular formula is C17H32N2O. The zero-order valence-corrected chi connectivity index (χ0v) is 13.2. The van der Waals surface area contributed by atoms with E-state index in [9.17, 15) is 4.79 Å². The van der Waals surface area contributed by atoms with E-state index in [1.54, 1.807) is 0 Å². The maximum atomic E-state index is 12.8. The minimum absolute atomic E-state index is 0.272. The Balaban J connectivity index is 1.88. The lowest BCUT2D eigenvalue weighted by Crippen LogP contribution is -2.42. The molecule has 0 aromatic heterocycles. The van der Waals surface area contributed by atoms with Gasteiger partial charge in [0, 0.05) is 19.0 Å². The molecule has 2 rings (SSSR count). The highest BCUT2D eigenvalue weighted by Gasteiger charge is 2.31. The van der Waals surface area contributed by atoms with Gasteiger partial charge >= 0.3 is 0 Å². The molecule has 0 bridgehead atoms. The summed E-state index contributed by atoms with van der Waals surface area (Å²) in [6.07, 6.45) is 13.4. The highest BCUT2D eigenvalue weighted by molar-refractivity contribution is 5.79. The fourth-order valence-corrected chi connectivity index (χ4v) is 4.13. The maximum absolute atomic E-state index is 12.8. The minimum Gasteiger partial charge on any atom is -0.343 e. The second-order valence-electron chi connectivity index (χ2n) is 6.90. The minimum atomic E-state index is 0.272. The van der Waals surface area contributed by atoms with Crippen molar-refractivity contribution in [2.45, 2.75) is 76.7 Å². The Kier molecular flexibility index (Phi) is 6.34. The number of nitrogens with two attached hydrogens (primary N) is 1. The SMILES string of the molecule is CN(C(=O)C1CCCC(CCN)C1)C1CCCCCC1. The van der Waals surface area contributed by atoms with Crippen molar-refractivity contribution >= 4 is 5.91 Å². The van der Waals surface area contributed by atoms with Crippen molar-refractivity contribution in [1.29, 1.82) is 0 Å². The zero-order chi connectivity index (χ0) is 14.4. The molecule has 3 nitrogen and oxygen atoms in total. The van der Waals surface area contributed by atoms with Crippen LogP contribution in [0.1, 0.15) is 70.6 Å². The van der Waals surface area contributed by atoms with Crippen LogP contribution in [0.15, 0.2) is 0 Å². The van der Waals surface area contributed by atoms with Crippen molar-refractivity contribution in [1.82, 2.24) is 4.90 Å². The van der Waals surface area contributed by atoms with Crippen LogP contribution in [-0.4, -0.2) is 30.4 Å². The molecule has 3 heteroatoms. The lowest BCUT2D eigenvalue weighted by Gasteiger charge is -2.34. The third kappa shape index (κ3) is 4.21. The van der Waals surface area contributed by atoms with Crippen molar-refractivity contribution in [3.8, 4) is 0 Å². The predicted molar refractivity (Wildman–Crippen MR) is 83.4 cm³/mol. The molecule has 1 amide bonds. The first-order valence-corrected chi connectivity index (χ1v) is 8.69. The highest BCUT2D eigenvalue weighted by atomic mass is 16.2. The molecule has 2 saturated carbocycles. The van der Waals surface area contributed by atoms with Crippen molar-refractivity contribution in [2.75, 3.05) is 13.6 Å². The van der Waals surface area contributed by atoms with Gasteiger partial charge in [-0.25, -0.2) is 0 Å². The Hall–Kier alpha value is -0.570. The van der Waals surface area contributed by atoms with Gasteiger partial charge < -0.3 is 10.6 Å². The summed E-state index contributed by atoms with van der Waals surface area (Å²) < 4.78 is 0. The molecule has 0 heterocycles. The van der Waals surface area contributed by atoms with Crippen molar-refractivity contribution in [2.24, 2.45) is 17.6 Å². The van der Waals surface area contributed by atoms with Gasteiger partial charge in [0.1, 0.15) is 0 Å². The third-order valence-electron chi connectivity index (χ3n) is 5.43. The van der Waals surface area contributed by atoms with Crippen LogP contribution in [0.2, 0.25) is 0 Å². The lowest BCUT2D eigenvalue weighted by atomic mass is 9.79. The smallest absolute Gasteiger partial charge is 0.225 e. The lowest BCUT2D eigenvalue weighted by molar-refractivity contribution is -0.138. The normalized spacial score (nSPS) is 28.9. The quantitative estimate of drug-likeness (QED) is 0.803. The summed E-state index contributed by atoms with van der Waals surface area (Å²) in [7, 11) is 2.05. The Morgan fingerprint density at radius 1 is 1.05 bits per heavy atom. The molecule has 0 radical (unpaired) electrons. The van der Waals surface area contributed by atoms with Gasteiger partial charge in [0.05, 0.1) is 0 Å². The Labute approximate surface area is 124 Å². The van der Waals surface area contributed by atoms with E-state index in [2.05, 4.69) is 4.90 Å². The number of carbonyl (C=O) groups excluding carboxylic acids is 1. The molecule has 2 atom stereocenters. The molecule has 0 saturated heterocycles. The summed E-state index contributed by atoms with van der Waals surface area (Å²) in [5.74, 6) is 1.37. The molecule has 0 aliphatic heterocycles. The number of amides is 1. The summed E-state index contributed by atoms with van der Waals surface area (Å²) in [4.78, 5) is 14.9. The topological polar surface area (TPSA) is 46.3 Å². The number of hydrogen-bond acceptors (Lipinski definition) is 2. The zero-order valence-electron chi connectivity index (χ0n) is 13.2. The third-order valence-corrected chi connectivity index (χ3v) is 5.43. The van der Waals surface area contributed by atoms with Crippen molar-refractivity contribution < 1.29 is 4.79 Å². The average molecular weight is 280 g/mol. The second-order valence-corrected chi connectivity index (χ2v) is 6.90. The van der Waals surface area contributed by atoms with Gasteiger partial charge in [-0.2, -0.15) is 0 Å². The summed E-state index contributed by atoms with van der Waals surface area (Å²) in [6, 6.07) is 0.500. The van der Waals surface area contributed by atoms with E-state index in [1.165, 1.54) is 51.4 Å². The van der Waals surface area contributed by atoms with Crippen LogP contribution in [-0.2, 0) is 4.79 Å². The molecule has 0 aromatic rings. The molecule has 2 fully saturated rings. The van der Waals surface area contributed by atoms with Crippen LogP contribution in [0, 0.1) is 11.8 Å². The second kappa shape index (κ2) is 8.02. The molecule has 2 aliphatic rings. The van der Waals surface area contributed by atoms with E-state index in [-0.39, 0.29) is 5.92 Å². The first kappa shape index (κ1) is 15.8. The molecule has 0 aromatic carbocycles. The fourth-order valence-electron chi connectivity index (χ4n) is 4.13. The highest BCUT2D eigenvalue weighted by Crippen LogP contribution is 2.33. The van der Waals surface area contributed by atoms with Gasteiger partial charge in [-0.1, -0.05) is 38.5 Å². The molecule has 116 valence electrons. The number of nitrogens with zero attached hydrogens (tertiary/aromatic N) is 1. The van der Waals surface area contributed by atoms with Crippen molar-refractivity contribution in [3.05, 3.63) is 0 Å². The van der Waals surface area contributed by atoms with Crippen LogP contribution < -0.4 is 5.73 Å².